The quantitative estimate of drug-likeness (QED) is 0.179. The number of carbonyl (C=O) groups excluding carboxylic acids is 1. The zero-order valence-electron chi connectivity index (χ0n) is 22.4. The molecule has 5 rings (SSSR count). The molecule has 0 N–H and O–H groups in total. The average Bonchev–Trinajstić information content (AvgIpc) is 3.26. The van der Waals surface area contributed by atoms with Crippen LogP contribution in [0.3, 0.4) is 0 Å². The second kappa shape index (κ2) is 12.9. The number of nitrogens with zero attached hydrogens (tertiary/aromatic N) is 3. The molecular weight excluding hydrogens is 783 g/mol. The Bertz CT molecular complexity index is 1940. The lowest BCUT2D eigenvalue weighted by Gasteiger charge is -2.24. The molecule has 11 heteroatoms. The normalized spacial score (nSPS) is 14.7. The summed E-state index contributed by atoms with van der Waals surface area (Å²) in [5.41, 5.74) is 3.09. The molecule has 2 heterocycles. The summed E-state index contributed by atoms with van der Waals surface area (Å²) in [6, 6.07) is 18.2. The first kappa shape index (κ1) is 30.1. The lowest BCUT2D eigenvalue weighted by atomic mass is 9.96. The van der Waals surface area contributed by atoms with Gasteiger partial charge in [-0.15, -0.1) is 0 Å². The Morgan fingerprint density at radius 3 is 2.52 bits per heavy atom. The highest BCUT2D eigenvalue weighted by molar-refractivity contribution is 14.1. The van der Waals surface area contributed by atoms with Crippen LogP contribution in [0.4, 0.5) is 4.39 Å². The summed E-state index contributed by atoms with van der Waals surface area (Å²) in [6.45, 7) is 3.83. The van der Waals surface area contributed by atoms with E-state index in [4.69, 9.17) is 9.47 Å². The Kier molecular flexibility index (Phi) is 9.24. The first-order valence-corrected chi connectivity index (χ1v) is 15.7. The van der Waals surface area contributed by atoms with E-state index in [-0.39, 0.29) is 24.3 Å². The number of hydrogen-bond acceptors (Lipinski definition) is 7. The zero-order chi connectivity index (χ0) is 30.0. The molecule has 0 aliphatic carbocycles. The van der Waals surface area contributed by atoms with E-state index in [1.807, 2.05) is 30.3 Å². The minimum atomic E-state index is -0.810. The molecule has 1 aromatic heterocycles. The maximum Gasteiger partial charge on any atom is 0.338 e. The van der Waals surface area contributed by atoms with Crippen molar-refractivity contribution < 1.29 is 18.7 Å². The fraction of sp³-hybridized carbons (Fsp3) is 0.161. The molecule has 3 aromatic carbocycles. The van der Waals surface area contributed by atoms with Gasteiger partial charge < -0.3 is 9.47 Å². The van der Waals surface area contributed by atoms with Crippen molar-refractivity contribution >= 4 is 68.6 Å². The highest BCUT2D eigenvalue weighted by atomic mass is 127. The van der Waals surface area contributed by atoms with E-state index in [2.05, 4.69) is 56.2 Å². The van der Waals surface area contributed by atoms with Crippen molar-refractivity contribution in [2.24, 2.45) is 4.99 Å². The molecule has 0 bridgehead atoms. The average molecular weight is 805 g/mol. The molecule has 1 atom stereocenters. The molecule has 42 heavy (non-hydrogen) atoms. The van der Waals surface area contributed by atoms with Gasteiger partial charge in [-0.3, -0.25) is 9.36 Å². The zero-order valence-corrected chi connectivity index (χ0v) is 27.5. The molecule has 0 amide bonds. The third-order valence-corrected chi connectivity index (χ3v) is 9.12. The Hall–Kier alpha value is -3.35. The number of hydrogen-bond donors (Lipinski definition) is 0. The van der Waals surface area contributed by atoms with Crippen LogP contribution in [0.2, 0.25) is 0 Å². The van der Waals surface area contributed by atoms with Crippen molar-refractivity contribution in [1.29, 1.82) is 5.26 Å². The summed E-state index contributed by atoms with van der Waals surface area (Å²) in [5, 5.41) is 9.37. The van der Waals surface area contributed by atoms with Gasteiger partial charge in [0.1, 0.15) is 18.2 Å². The number of esters is 1. The second-order valence-corrected chi connectivity index (χ2v) is 12.6. The van der Waals surface area contributed by atoms with Gasteiger partial charge in [0.25, 0.3) is 5.56 Å². The van der Waals surface area contributed by atoms with Crippen molar-refractivity contribution in [2.45, 2.75) is 26.5 Å². The van der Waals surface area contributed by atoms with Gasteiger partial charge in [-0.25, -0.2) is 14.2 Å². The Morgan fingerprint density at radius 2 is 1.86 bits per heavy atom. The van der Waals surface area contributed by atoms with E-state index in [0.717, 1.165) is 18.3 Å². The lowest BCUT2D eigenvalue weighted by molar-refractivity contribution is -0.139. The molecule has 0 saturated carbocycles. The summed E-state index contributed by atoms with van der Waals surface area (Å²) in [5.74, 6) is -0.302. The van der Waals surface area contributed by atoms with Gasteiger partial charge in [0.15, 0.2) is 4.80 Å². The van der Waals surface area contributed by atoms with Gasteiger partial charge in [0, 0.05) is 5.56 Å². The monoisotopic (exact) mass is 805 g/mol. The van der Waals surface area contributed by atoms with E-state index in [1.54, 1.807) is 38.1 Å². The molecule has 0 unspecified atom stereocenters. The van der Waals surface area contributed by atoms with Gasteiger partial charge in [0.05, 0.1) is 47.2 Å². The molecule has 4 aromatic rings. The van der Waals surface area contributed by atoms with Crippen LogP contribution in [0.25, 0.3) is 6.08 Å². The van der Waals surface area contributed by atoms with Crippen molar-refractivity contribution in [3.05, 3.63) is 127 Å². The minimum absolute atomic E-state index is 0.165. The van der Waals surface area contributed by atoms with E-state index in [0.29, 0.717) is 31.9 Å². The maximum absolute atomic E-state index is 13.8. The van der Waals surface area contributed by atoms with Crippen LogP contribution in [0, 0.1) is 24.3 Å². The summed E-state index contributed by atoms with van der Waals surface area (Å²) in [7, 11) is 0. The summed E-state index contributed by atoms with van der Waals surface area (Å²) < 4.78 is 28.8. The van der Waals surface area contributed by atoms with Crippen LogP contribution < -0.4 is 19.6 Å². The summed E-state index contributed by atoms with van der Waals surface area (Å²) in [4.78, 5) is 31.9. The maximum atomic E-state index is 13.8. The predicted molar refractivity (Wildman–Crippen MR) is 174 cm³/mol. The molecule has 0 fully saturated rings. The van der Waals surface area contributed by atoms with Crippen LogP contribution >= 0.6 is 56.5 Å². The molecule has 7 nitrogen and oxygen atoms in total. The number of halogens is 3. The number of benzene rings is 3. The Labute approximate surface area is 271 Å². The molecular formula is C31H22FI2N3O4S. The number of allylic oxidation sites excluding steroid dienone is 1. The van der Waals surface area contributed by atoms with Gasteiger partial charge in [0.2, 0.25) is 0 Å². The van der Waals surface area contributed by atoms with E-state index in [1.165, 1.54) is 28.0 Å². The first-order valence-electron chi connectivity index (χ1n) is 12.8. The van der Waals surface area contributed by atoms with Crippen molar-refractivity contribution in [3.8, 4) is 11.8 Å². The SMILES string of the molecule is CCOC(=O)C1=C(C)N=c2s/c(=C\c3cc(I)c(OCc4ccccc4C#N)c(I)c3)c(=O)n2[C@H]1c1ccc(F)cc1. The first-order chi connectivity index (χ1) is 20.2. The van der Waals surface area contributed by atoms with Crippen molar-refractivity contribution in [1.82, 2.24) is 4.57 Å². The molecule has 1 aliphatic rings. The molecule has 212 valence electrons. The van der Waals surface area contributed by atoms with Gasteiger partial charge in [-0.2, -0.15) is 5.26 Å². The van der Waals surface area contributed by atoms with Crippen LogP contribution in [0.15, 0.2) is 81.7 Å². The van der Waals surface area contributed by atoms with Gasteiger partial charge in [-0.1, -0.05) is 41.7 Å². The summed E-state index contributed by atoms with van der Waals surface area (Å²) >= 11 is 5.60. The highest BCUT2D eigenvalue weighted by Gasteiger charge is 2.33. The predicted octanol–water partition coefficient (Wildman–Crippen LogP) is 5.60. The van der Waals surface area contributed by atoms with E-state index >= 15 is 0 Å². The minimum Gasteiger partial charge on any atom is -0.487 e. The number of ether oxygens (including phenoxy) is 2. The number of nitriles is 1. The van der Waals surface area contributed by atoms with Crippen molar-refractivity contribution in [3.63, 3.8) is 0 Å². The highest BCUT2D eigenvalue weighted by Crippen LogP contribution is 2.32. The van der Waals surface area contributed by atoms with Crippen molar-refractivity contribution in [2.75, 3.05) is 6.61 Å². The topological polar surface area (TPSA) is 93.7 Å². The van der Waals surface area contributed by atoms with Gasteiger partial charge in [-0.05, 0) is 107 Å². The fourth-order valence-electron chi connectivity index (χ4n) is 4.61. The number of aromatic nitrogens is 1. The van der Waals surface area contributed by atoms with E-state index < -0.39 is 17.8 Å². The molecule has 1 aliphatic heterocycles. The van der Waals surface area contributed by atoms with Crippen LogP contribution in [0.5, 0.6) is 5.75 Å². The van der Waals surface area contributed by atoms with E-state index in [9.17, 15) is 19.2 Å². The Balaban J connectivity index is 1.55. The number of thiazole rings is 1. The number of fused-ring (bicyclic) bond motifs is 1. The van der Waals surface area contributed by atoms with Crippen LogP contribution in [-0.4, -0.2) is 17.1 Å². The molecule has 0 radical (unpaired) electrons. The largest absolute Gasteiger partial charge is 0.487 e. The number of rotatable bonds is 7. The van der Waals surface area contributed by atoms with Crippen LogP contribution in [0.1, 0.15) is 42.1 Å². The summed E-state index contributed by atoms with van der Waals surface area (Å²) in [6.07, 6.45) is 1.79. The second-order valence-electron chi connectivity index (χ2n) is 9.23. The van der Waals surface area contributed by atoms with Crippen LogP contribution in [-0.2, 0) is 16.1 Å². The molecule has 0 spiro atoms. The standard InChI is InChI=1S/C31H22FI2N3O4S/c1-3-40-30(39)26-17(2)36-31-37(27(26)19-8-10-22(32)11-9-19)29(38)25(42-31)14-18-12-23(33)28(24(34)13-18)41-16-21-7-5-4-6-20(21)15-35/h4-14,27H,3,16H2,1-2H3/b25-14-/t27-/m0/s1. The Morgan fingerprint density at radius 1 is 1.17 bits per heavy atom. The molecule has 0 saturated heterocycles. The number of carbonyl (C=O) groups is 1. The third kappa shape index (κ3) is 6.06. The third-order valence-electron chi connectivity index (χ3n) is 6.53. The fourth-order valence-corrected chi connectivity index (χ4v) is 7.78. The van der Waals surface area contributed by atoms with Gasteiger partial charge >= 0.3 is 5.97 Å². The lowest BCUT2D eigenvalue weighted by Crippen LogP contribution is -2.39. The smallest absolute Gasteiger partial charge is 0.338 e.